The van der Waals surface area contributed by atoms with E-state index in [0.29, 0.717) is 0 Å². The molecule has 0 spiro atoms. The van der Waals surface area contributed by atoms with Crippen LogP contribution in [-0.4, -0.2) is 7.11 Å². The maximum Gasteiger partial charge on any atom is 0.123 e. The van der Waals surface area contributed by atoms with Crippen LogP contribution in [0.25, 0.3) is 32.3 Å². The van der Waals surface area contributed by atoms with Gasteiger partial charge in [0, 0.05) is 12.0 Å². The highest BCUT2D eigenvalue weighted by Crippen LogP contribution is 2.40. The zero-order valence-electron chi connectivity index (χ0n) is 14.1. The first-order chi connectivity index (χ1) is 12.3. The van der Waals surface area contributed by atoms with E-state index in [9.17, 15) is 0 Å². The molecule has 25 heavy (non-hydrogen) atoms. The molecular formula is C24H18O. The van der Waals surface area contributed by atoms with E-state index in [-0.39, 0.29) is 0 Å². The molecule has 1 nitrogen and oxygen atoms in total. The zero-order valence-corrected chi connectivity index (χ0v) is 14.1. The van der Waals surface area contributed by atoms with Crippen molar-refractivity contribution in [2.75, 3.05) is 7.11 Å². The van der Waals surface area contributed by atoms with Gasteiger partial charge in [-0.3, -0.25) is 0 Å². The molecule has 0 amide bonds. The minimum Gasteiger partial charge on any atom is -0.496 e. The Kier molecular flexibility index (Phi) is 3.14. The van der Waals surface area contributed by atoms with Gasteiger partial charge in [-0.15, -0.1) is 0 Å². The summed E-state index contributed by atoms with van der Waals surface area (Å²) in [6.07, 6.45) is 0.873. The SMILES string of the molecule is COc1cc2ccc3cccc4ccc(c1Cc1ccccc1)c2c34. The fourth-order valence-electron chi connectivity index (χ4n) is 4.01. The van der Waals surface area contributed by atoms with Crippen LogP contribution in [0.15, 0.2) is 78.9 Å². The van der Waals surface area contributed by atoms with Gasteiger partial charge in [0.25, 0.3) is 0 Å². The quantitative estimate of drug-likeness (QED) is 0.360. The molecule has 0 N–H and O–H groups in total. The molecule has 0 radical (unpaired) electrons. The molecule has 0 aliphatic heterocycles. The number of methoxy groups -OCH3 is 1. The van der Waals surface area contributed by atoms with Crippen LogP contribution >= 0.6 is 0 Å². The molecule has 120 valence electrons. The number of rotatable bonds is 3. The summed E-state index contributed by atoms with van der Waals surface area (Å²) in [4.78, 5) is 0. The van der Waals surface area contributed by atoms with Crippen LogP contribution in [-0.2, 0) is 6.42 Å². The molecule has 0 bridgehead atoms. The Labute approximate surface area is 146 Å². The van der Waals surface area contributed by atoms with Gasteiger partial charge in [-0.05, 0) is 43.9 Å². The minimum atomic E-state index is 0.873. The molecule has 0 heterocycles. The second kappa shape index (κ2) is 5.49. The van der Waals surface area contributed by atoms with Crippen LogP contribution < -0.4 is 4.74 Å². The topological polar surface area (TPSA) is 9.23 Å². The van der Waals surface area contributed by atoms with E-state index in [4.69, 9.17) is 4.74 Å². The van der Waals surface area contributed by atoms with Gasteiger partial charge < -0.3 is 4.74 Å². The lowest BCUT2D eigenvalue weighted by Gasteiger charge is -2.17. The summed E-state index contributed by atoms with van der Waals surface area (Å²) in [6, 6.07) is 28.2. The van der Waals surface area contributed by atoms with Crippen LogP contribution in [0.4, 0.5) is 0 Å². The van der Waals surface area contributed by atoms with Crippen molar-refractivity contribution in [3.8, 4) is 5.75 Å². The lowest BCUT2D eigenvalue weighted by molar-refractivity contribution is 0.412. The molecule has 5 aromatic carbocycles. The number of hydrogen-bond acceptors (Lipinski definition) is 1. The van der Waals surface area contributed by atoms with Gasteiger partial charge in [-0.25, -0.2) is 0 Å². The van der Waals surface area contributed by atoms with Crippen molar-refractivity contribution in [3.05, 3.63) is 90.0 Å². The smallest absolute Gasteiger partial charge is 0.123 e. The van der Waals surface area contributed by atoms with Gasteiger partial charge in [0.05, 0.1) is 7.11 Å². The molecule has 5 aromatic rings. The standard InChI is InChI=1S/C24H18O/c1-25-22-15-19-11-10-17-8-5-9-18-12-13-20(24(19)23(17)18)21(22)14-16-6-3-2-4-7-16/h2-13,15H,14H2,1H3. The normalized spacial score (nSPS) is 11.6. The summed E-state index contributed by atoms with van der Waals surface area (Å²) >= 11 is 0. The average Bonchev–Trinajstić information content (AvgIpc) is 2.67. The van der Waals surface area contributed by atoms with Gasteiger partial charge in [0.15, 0.2) is 0 Å². The Hall–Kier alpha value is -3.06. The highest BCUT2D eigenvalue weighted by Gasteiger charge is 2.15. The Morgan fingerprint density at radius 3 is 2.16 bits per heavy atom. The van der Waals surface area contributed by atoms with Crippen LogP contribution in [0.3, 0.4) is 0 Å². The van der Waals surface area contributed by atoms with Gasteiger partial charge in [-0.1, -0.05) is 72.8 Å². The van der Waals surface area contributed by atoms with E-state index in [1.54, 1.807) is 7.11 Å². The van der Waals surface area contributed by atoms with E-state index in [1.807, 2.05) is 0 Å². The van der Waals surface area contributed by atoms with Gasteiger partial charge in [-0.2, -0.15) is 0 Å². The van der Waals surface area contributed by atoms with Crippen LogP contribution in [0.2, 0.25) is 0 Å². The lowest BCUT2D eigenvalue weighted by Crippen LogP contribution is -1.97. The zero-order chi connectivity index (χ0) is 16.8. The Morgan fingerprint density at radius 1 is 0.680 bits per heavy atom. The molecule has 0 fully saturated rings. The summed E-state index contributed by atoms with van der Waals surface area (Å²) in [5.41, 5.74) is 2.57. The van der Waals surface area contributed by atoms with E-state index in [2.05, 4.69) is 78.9 Å². The van der Waals surface area contributed by atoms with E-state index < -0.39 is 0 Å². The second-order valence-electron chi connectivity index (χ2n) is 6.58. The Morgan fingerprint density at radius 2 is 1.40 bits per heavy atom. The molecular weight excluding hydrogens is 304 g/mol. The van der Waals surface area contributed by atoms with Crippen molar-refractivity contribution in [3.63, 3.8) is 0 Å². The second-order valence-corrected chi connectivity index (χ2v) is 6.58. The molecule has 0 aliphatic carbocycles. The van der Waals surface area contributed by atoms with Crippen molar-refractivity contribution >= 4 is 32.3 Å². The number of hydrogen-bond donors (Lipinski definition) is 0. The first-order valence-corrected chi connectivity index (χ1v) is 8.62. The first-order valence-electron chi connectivity index (χ1n) is 8.62. The van der Waals surface area contributed by atoms with Crippen LogP contribution in [0.1, 0.15) is 11.1 Å². The van der Waals surface area contributed by atoms with Crippen LogP contribution in [0, 0.1) is 0 Å². The summed E-state index contributed by atoms with van der Waals surface area (Å²) in [6.45, 7) is 0. The minimum absolute atomic E-state index is 0.873. The van der Waals surface area contributed by atoms with Crippen LogP contribution in [0.5, 0.6) is 5.75 Å². The Balaban J connectivity index is 1.89. The summed E-state index contributed by atoms with van der Waals surface area (Å²) in [5, 5.41) is 7.84. The van der Waals surface area contributed by atoms with Gasteiger partial charge in [0.2, 0.25) is 0 Å². The van der Waals surface area contributed by atoms with Crippen molar-refractivity contribution in [2.24, 2.45) is 0 Å². The highest BCUT2D eigenvalue weighted by atomic mass is 16.5. The van der Waals surface area contributed by atoms with Gasteiger partial charge >= 0.3 is 0 Å². The van der Waals surface area contributed by atoms with Crippen molar-refractivity contribution < 1.29 is 4.74 Å². The maximum absolute atomic E-state index is 5.77. The van der Waals surface area contributed by atoms with Crippen molar-refractivity contribution in [1.29, 1.82) is 0 Å². The fourth-order valence-corrected chi connectivity index (χ4v) is 4.01. The van der Waals surface area contributed by atoms with E-state index in [1.165, 1.54) is 43.4 Å². The molecule has 1 heteroatoms. The number of benzene rings is 5. The number of ether oxygens (including phenoxy) is 1. The summed E-state index contributed by atoms with van der Waals surface area (Å²) in [5.74, 6) is 0.967. The lowest BCUT2D eigenvalue weighted by atomic mass is 9.89. The molecule has 0 saturated carbocycles. The molecule has 0 atom stereocenters. The van der Waals surface area contributed by atoms with Gasteiger partial charge in [0.1, 0.15) is 5.75 Å². The third-order valence-electron chi connectivity index (χ3n) is 5.16. The predicted molar refractivity (Wildman–Crippen MR) is 106 cm³/mol. The molecule has 0 saturated heterocycles. The first kappa shape index (κ1) is 14.3. The molecule has 5 rings (SSSR count). The largest absolute Gasteiger partial charge is 0.496 e. The monoisotopic (exact) mass is 322 g/mol. The molecule has 0 aliphatic rings. The Bertz CT molecular complexity index is 1170. The fraction of sp³-hybridized carbons (Fsp3) is 0.0833. The molecule has 0 unspecified atom stereocenters. The van der Waals surface area contributed by atoms with Crippen molar-refractivity contribution in [1.82, 2.24) is 0 Å². The predicted octanol–water partition coefficient (Wildman–Crippen LogP) is 6.18. The molecule has 0 aromatic heterocycles. The third-order valence-corrected chi connectivity index (χ3v) is 5.16. The maximum atomic E-state index is 5.77. The average molecular weight is 322 g/mol. The van der Waals surface area contributed by atoms with Crippen molar-refractivity contribution in [2.45, 2.75) is 6.42 Å². The van der Waals surface area contributed by atoms with E-state index >= 15 is 0 Å². The summed E-state index contributed by atoms with van der Waals surface area (Å²) in [7, 11) is 1.77. The highest BCUT2D eigenvalue weighted by molar-refractivity contribution is 6.24. The third kappa shape index (κ3) is 2.16. The van der Waals surface area contributed by atoms with E-state index in [0.717, 1.165) is 12.2 Å². The summed E-state index contributed by atoms with van der Waals surface area (Å²) < 4.78 is 5.77.